The summed E-state index contributed by atoms with van der Waals surface area (Å²) >= 11 is 0. The van der Waals surface area contributed by atoms with E-state index in [-0.39, 0.29) is 23.9 Å². The molecule has 2 atom stereocenters. The lowest BCUT2D eigenvalue weighted by molar-refractivity contribution is -0.122. The fraction of sp³-hybridized carbons (Fsp3) is 0.455. The van der Waals surface area contributed by atoms with Gasteiger partial charge in [-0.2, -0.15) is 0 Å². The van der Waals surface area contributed by atoms with Crippen LogP contribution in [0.25, 0.3) is 0 Å². The van der Waals surface area contributed by atoms with Crippen molar-refractivity contribution in [2.75, 3.05) is 20.1 Å². The van der Waals surface area contributed by atoms with Crippen LogP contribution in [0.4, 0.5) is 0 Å². The van der Waals surface area contributed by atoms with Gasteiger partial charge in [-0.3, -0.25) is 14.5 Å². The van der Waals surface area contributed by atoms with Crippen LogP contribution in [0.2, 0.25) is 0 Å². The third kappa shape index (κ3) is 5.84. The fourth-order valence-electron chi connectivity index (χ4n) is 3.82. The second-order valence-electron chi connectivity index (χ2n) is 7.59. The molecule has 7 nitrogen and oxygen atoms in total. The van der Waals surface area contributed by atoms with Crippen LogP contribution in [-0.2, 0) is 11.2 Å². The summed E-state index contributed by atoms with van der Waals surface area (Å²) in [4.78, 5) is 34.5. The Morgan fingerprint density at radius 1 is 1.14 bits per heavy atom. The molecular weight excluding hydrogens is 366 g/mol. The SMILES string of the molecule is Cc1ccccc1CCNC(=O)C[C@H]1CC[C@@H](CNC(=O)c2ccncn2)N1C. The molecule has 0 bridgehead atoms. The largest absolute Gasteiger partial charge is 0.356 e. The van der Waals surface area contributed by atoms with E-state index in [0.717, 1.165) is 19.3 Å². The Kier molecular flexibility index (Phi) is 7.30. The Bertz CT molecular complexity index is 827. The molecule has 0 unspecified atom stereocenters. The molecule has 1 aromatic carbocycles. The lowest BCUT2D eigenvalue weighted by Gasteiger charge is -2.25. The highest BCUT2D eigenvalue weighted by Gasteiger charge is 2.31. The minimum absolute atomic E-state index is 0.0844. The maximum atomic E-state index is 12.4. The van der Waals surface area contributed by atoms with E-state index >= 15 is 0 Å². The summed E-state index contributed by atoms with van der Waals surface area (Å²) in [5.74, 6) is -0.112. The molecule has 1 fully saturated rings. The standard InChI is InChI=1S/C22H29N5O2/c1-16-5-3-4-6-17(16)9-12-24-21(28)13-18-7-8-19(27(18)2)14-25-22(29)20-10-11-23-15-26-20/h3-6,10-11,15,18-19H,7-9,12-14H2,1-2H3,(H,24,28)(H,25,29)/t18-,19+/m1/s1. The molecule has 0 radical (unpaired) electrons. The van der Waals surface area contributed by atoms with Crippen molar-refractivity contribution in [1.29, 1.82) is 0 Å². The van der Waals surface area contributed by atoms with Gasteiger partial charge in [0, 0.05) is 37.8 Å². The monoisotopic (exact) mass is 395 g/mol. The van der Waals surface area contributed by atoms with Crippen molar-refractivity contribution in [3.05, 3.63) is 59.7 Å². The molecular formula is C22H29N5O2. The van der Waals surface area contributed by atoms with Crippen molar-refractivity contribution in [2.24, 2.45) is 0 Å². The lowest BCUT2D eigenvalue weighted by Crippen LogP contribution is -2.42. The van der Waals surface area contributed by atoms with Crippen molar-refractivity contribution in [1.82, 2.24) is 25.5 Å². The number of rotatable bonds is 8. The van der Waals surface area contributed by atoms with Crippen LogP contribution in [0.3, 0.4) is 0 Å². The fourth-order valence-corrected chi connectivity index (χ4v) is 3.82. The average Bonchev–Trinajstić information content (AvgIpc) is 3.07. The first-order valence-corrected chi connectivity index (χ1v) is 10.1. The summed E-state index contributed by atoms with van der Waals surface area (Å²) in [6.45, 7) is 3.29. The molecule has 154 valence electrons. The molecule has 0 aliphatic carbocycles. The number of likely N-dealkylation sites (tertiary alicyclic amines) is 1. The van der Waals surface area contributed by atoms with Crippen LogP contribution in [0.5, 0.6) is 0 Å². The maximum Gasteiger partial charge on any atom is 0.270 e. The summed E-state index contributed by atoms with van der Waals surface area (Å²) in [7, 11) is 2.03. The van der Waals surface area contributed by atoms with E-state index in [1.54, 1.807) is 12.3 Å². The van der Waals surface area contributed by atoms with Gasteiger partial charge in [0.05, 0.1) is 0 Å². The van der Waals surface area contributed by atoms with Crippen LogP contribution < -0.4 is 10.6 Å². The van der Waals surface area contributed by atoms with E-state index in [4.69, 9.17) is 0 Å². The van der Waals surface area contributed by atoms with Gasteiger partial charge in [-0.05, 0) is 50.4 Å². The lowest BCUT2D eigenvalue weighted by atomic mass is 10.1. The summed E-state index contributed by atoms with van der Waals surface area (Å²) in [6, 6.07) is 10.3. The molecule has 1 aromatic heterocycles. The van der Waals surface area contributed by atoms with Gasteiger partial charge in [-0.25, -0.2) is 9.97 Å². The predicted molar refractivity (Wildman–Crippen MR) is 111 cm³/mol. The van der Waals surface area contributed by atoms with Crippen molar-refractivity contribution in [3.63, 3.8) is 0 Å². The normalized spacial score (nSPS) is 19.1. The Labute approximate surface area is 171 Å². The van der Waals surface area contributed by atoms with Gasteiger partial charge in [0.2, 0.25) is 5.91 Å². The Morgan fingerprint density at radius 3 is 2.69 bits per heavy atom. The molecule has 29 heavy (non-hydrogen) atoms. The zero-order chi connectivity index (χ0) is 20.6. The van der Waals surface area contributed by atoms with Crippen LogP contribution in [0.15, 0.2) is 42.9 Å². The molecule has 1 aliphatic heterocycles. The minimum atomic E-state index is -0.196. The Hall–Kier alpha value is -2.80. The molecule has 1 aliphatic rings. The quantitative estimate of drug-likeness (QED) is 0.711. The topological polar surface area (TPSA) is 87.2 Å². The van der Waals surface area contributed by atoms with Crippen molar-refractivity contribution >= 4 is 11.8 Å². The zero-order valence-corrected chi connectivity index (χ0v) is 17.1. The summed E-state index contributed by atoms with van der Waals surface area (Å²) < 4.78 is 0. The maximum absolute atomic E-state index is 12.4. The number of aromatic nitrogens is 2. The molecule has 2 N–H and O–H groups in total. The summed E-state index contributed by atoms with van der Waals surface area (Å²) in [5, 5.41) is 5.97. The first kappa shape index (κ1) is 20.9. The molecule has 3 rings (SSSR count). The third-order valence-corrected chi connectivity index (χ3v) is 5.70. The smallest absolute Gasteiger partial charge is 0.270 e. The number of amides is 2. The molecule has 0 spiro atoms. The van der Waals surface area contributed by atoms with E-state index in [0.29, 0.717) is 25.2 Å². The van der Waals surface area contributed by atoms with Gasteiger partial charge in [-0.15, -0.1) is 0 Å². The predicted octanol–water partition coefficient (Wildman–Crippen LogP) is 1.73. The number of nitrogens with zero attached hydrogens (tertiary/aromatic N) is 3. The molecule has 1 saturated heterocycles. The number of carbonyl (C=O) groups is 2. The highest BCUT2D eigenvalue weighted by atomic mass is 16.2. The molecule has 2 heterocycles. The van der Waals surface area contributed by atoms with Gasteiger partial charge in [0.25, 0.3) is 5.91 Å². The number of benzene rings is 1. The molecule has 2 amide bonds. The Morgan fingerprint density at radius 2 is 1.93 bits per heavy atom. The average molecular weight is 396 g/mol. The number of aryl methyl sites for hydroxylation is 1. The van der Waals surface area contributed by atoms with Crippen LogP contribution in [-0.4, -0.2) is 58.9 Å². The number of likely N-dealkylation sites (N-methyl/N-ethyl adjacent to an activating group) is 1. The zero-order valence-electron chi connectivity index (χ0n) is 17.1. The van der Waals surface area contributed by atoms with E-state index in [2.05, 4.69) is 44.6 Å². The van der Waals surface area contributed by atoms with Crippen LogP contribution >= 0.6 is 0 Å². The Balaban J connectivity index is 1.39. The first-order chi connectivity index (χ1) is 14.0. The van der Waals surface area contributed by atoms with Gasteiger partial charge < -0.3 is 10.6 Å². The van der Waals surface area contributed by atoms with E-state index in [1.165, 1.54) is 17.5 Å². The summed E-state index contributed by atoms with van der Waals surface area (Å²) in [6.07, 6.45) is 6.16. The highest BCUT2D eigenvalue weighted by molar-refractivity contribution is 5.92. The number of hydrogen-bond donors (Lipinski definition) is 2. The van der Waals surface area contributed by atoms with Crippen LogP contribution in [0.1, 0.15) is 40.9 Å². The van der Waals surface area contributed by atoms with Crippen LogP contribution in [0, 0.1) is 6.92 Å². The number of nitrogens with one attached hydrogen (secondary N) is 2. The third-order valence-electron chi connectivity index (χ3n) is 5.70. The van der Waals surface area contributed by atoms with Crippen molar-refractivity contribution in [2.45, 2.75) is 44.7 Å². The van der Waals surface area contributed by atoms with E-state index < -0.39 is 0 Å². The summed E-state index contributed by atoms with van der Waals surface area (Å²) in [5.41, 5.74) is 2.89. The highest BCUT2D eigenvalue weighted by Crippen LogP contribution is 2.24. The molecule has 7 heteroatoms. The molecule has 2 aromatic rings. The van der Waals surface area contributed by atoms with E-state index in [1.807, 2.05) is 19.2 Å². The second-order valence-corrected chi connectivity index (χ2v) is 7.59. The molecule has 0 saturated carbocycles. The van der Waals surface area contributed by atoms with Crippen molar-refractivity contribution in [3.8, 4) is 0 Å². The van der Waals surface area contributed by atoms with E-state index in [9.17, 15) is 9.59 Å². The number of hydrogen-bond acceptors (Lipinski definition) is 5. The van der Waals surface area contributed by atoms with Gasteiger partial charge in [-0.1, -0.05) is 24.3 Å². The minimum Gasteiger partial charge on any atom is -0.356 e. The van der Waals surface area contributed by atoms with Gasteiger partial charge in [0.1, 0.15) is 12.0 Å². The second kappa shape index (κ2) is 10.1. The van der Waals surface area contributed by atoms with Crippen molar-refractivity contribution < 1.29 is 9.59 Å². The first-order valence-electron chi connectivity index (χ1n) is 10.1. The van der Waals surface area contributed by atoms with Gasteiger partial charge in [0.15, 0.2) is 0 Å². The number of carbonyl (C=O) groups excluding carboxylic acids is 2. The van der Waals surface area contributed by atoms with Gasteiger partial charge >= 0.3 is 0 Å².